The Labute approximate surface area is 140 Å². The van der Waals surface area contributed by atoms with E-state index in [1.165, 1.54) is 33.5 Å². The second-order valence-corrected chi connectivity index (χ2v) is 7.85. The molecule has 3 rings (SSSR count). The van der Waals surface area contributed by atoms with Crippen LogP contribution in [0.1, 0.15) is 5.56 Å². The van der Waals surface area contributed by atoms with Gasteiger partial charge in [0.15, 0.2) is 0 Å². The van der Waals surface area contributed by atoms with Crippen LogP contribution in [0.25, 0.3) is 0 Å². The van der Waals surface area contributed by atoms with Crippen molar-refractivity contribution in [1.29, 1.82) is 0 Å². The summed E-state index contributed by atoms with van der Waals surface area (Å²) in [5, 5.41) is 0. The number of halogens is 2. The number of quaternary nitrogens is 1. The summed E-state index contributed by atoms with van der Waals surface area (Å²) >= 11 is 0. The Balaban J connectivity index is 1.63. The number of hydrogen-bond donors (Lipinski definition) is 1. The molecule has 1 saturated heterocycles. The molecule has 1 fully saturated rings. The second kappa shape index (κ2) is 6.96. The maximum Gasteiger partial charge on any atom is 0.243 e. The second-order valence-electron chi connectivity index (χ2n) is 5.91. The van der Waals surface area contributed by atoms with Crippen molar-refractivity contribution in [3.8, 4) is 0 Å². The van der Waals surface area contributed by atoms with E-state index in [1.807, 2.05) is 6.07 Å². The first kappa shape index (κ1) is 17.0. The van der Waals surface area contributed by atoms with E-state index in [0.717, 1.165) is 17.7 Å². The van der Waals surface area contributed by atoms with Crippen LogP contribution >= 0.6 is 0 Å². The highest BCUT2D eigenvalue weighted by Gasteiger charge is 2.30. The standard InChI is InChI=1S/C17H18F2N2O2S/c18-15-4-6-17(7-5-15)24(22,23)21-10-8-20(9-11-21)13-14-2-1-3-16(19)12-14/h1-7,12H,8-11,13H2/p+1. The van der Waals surface area contributed by atoms with Crippen molar-refractivity contribution < 1.29 is 22.1 Å². The van der Waals surface area contributed by atoms with Crippen LogP contribution in [0.15, 0.2) is 53.4 Å². The number of nitrogens with one attached hydrogen (secondary N) is 1. The highest BCUT2D eigenvalue weighted by Crippen LogP contribution is 2.16. The summed E-state index contributed by atoms with van der Waals surface area (Å²) in [5.74, 6) is -0.720. The molecule has 4 nitrogen and oxygen atoms in total. The Hall–Kier alpha value is -1.83. The van der Waals surface area contributed by atoms with Crippen molar-refractivity contribution in [1.82, 2.24) is 4.31 Å². The van der Waals surface area contributed by atoms with Gasteiger partial charge in [0.25, 0.3) is 0 Å². The molecule has 24 heavy (non-hydrogen) atoms. The topological polar surface area (TPSA) is 41.8 Å². The van der Waals surface area contributed by atoms with E-state index in [-0.39, 0.29) is 10.7 Å². The predicted octanol–water partition coefficient (Wildman–Crippen LogP) is 1.05. The molecule has 128 valence electrons. The molecule has 1 heterocycles. The third kappa shape index (κ3) is 3.80. The first-order valence-electron chi connectivity index (χ1n) is 7.79. The number of rotatable bonds is 4. The van der Waals surface area contributed by atoms with Gasteiger partial charge in [0.1, 0.15) is 18.2 Å². The highest BCUT2D eigenvalue weighted by atomic mass is 32.2. The molecule has 7 heteroatoms. The quantitative estimate of drug-likeness (QED) is 0.893. The average molecular weight is 353 g/mol. The Morgan fingerprint density at radius 3 is 2.25 bits per heavy atom. The zero-order valence-electron chi connectivity index (χ0n) is 13.1. The minimum atomic E-state index is -3.59. The van der Waals surface area contributed by atoms with Crippen LogP contribution in [0.2, 0.25) is 0 Å². The van der Waals surface area contributed by atoms with E-state index in [1.54, 1.807) is 6.07 Å². The van der Waals surface area contributed by atoms with Gasteiger partial charge in [0.05, 0.1) is 31.1 Å². The molecule has 1 aliphatic heterocycles. The molecule has 0 bridgehead atoms. The molecule has 0 amide bonds. The molecule has 2 aromatic carbocycles. The number of benzene rings is 2. The monoisotopic (exact) mass is 353 g/mol. The fraction of sp³-hybridized carbons (Fsp3) is 0.294. The summed E-state index contributed by atoms with van der Waals surface area (Å²) in [5.41, 5.74) is 0.903. The number of nitrogens with zero attached hydrogens (tertiary/aromatic N) is 1. The lowest BCUT2D eigenvalue weighted by Crippen LogP contribution is -3.13. The van der Waals surface area contributed by atoms with Crippen LogP contribution < -0.4 is 4.90 Å². The van der Waals surface area contributed by atoms with Crippen molar-refractivity contribution in [2.45, 2.75) is 11.4 Å². The van der Waals surface area contributed by atoms with E-state index < -0.39 is 15.8 Å². The van der Waals surface area contributed by atoms with Crippen LogP contribution in [-0.2, 0) is 16.6 Å². The van der Waals surface area contributed by atoms with Gasteiger partial charge < -0.3 is 4.90 Å². The molecular formula is C17H19F2N2O2S+. The van der Waals surface area contributed by atoms with Crippen LogP contribution in [0, 0.1) is 11.6 Å². The fourth-order valence-electron chi connectivity index (χ4n) is 2.91. The van der Waals surface area contributed by atoms with Crippen molar-refractivity contribution in [3.05, 3.63) is 65.7 Å². The molecule has 0 radical (unpaired) electrons. The van der Waals surface area contributed by atoms with Gasteiger partial charge in [-0.2, -0.15) is 4.31 Å². The van der Waals surface area contributed by atoms with Gasteiger partial charge in [-0.05, 0) is 36.4 Å². The van der Waals surface area contributed by atoms with E-state index in [2.05, 4.69) is 0 Å². The SMILES string of the molecule is O=S(=O)(c1ccc(F)cc1)N1CC[NH+](Cc2cccc(F)c2)CC1. The summed E-state index contributed by atoms with van der Waals surface area (Å²) in [7, 11) is -3.59. The van der Waals surface area contributed by atoms with Crippen LogP contribution in [0.5, 0.6) is 0 Å². The van der Waals surface area contributed by atoms with Crippen LogP contribution in [0.3, 0.4) is 0 Å². The summed E-state index contributed by atoms with van der Waals surface area (Å²) in [6.07, 6.45) is 0. The molecule has 0 aromatic heterocycles. The maximum absolute atomic E-state index is 13.2. The van der Waals surface area contributed by atoms with Gasteiger partial charge in [-0.25, -0.2) is 17.2 Å². The highest BCUT2D eigenvalue weighted by molar-refractivity contribution is 7.89. The molecule has 0 aliphatic carbocycles. The lowest BCUT2D eigenvalue weighted by molar-refractivity contribution is -0.917. The average Bonchev–Trinajstić information content (AvgIpc) is 2.56. The summed E-state index contributed by atoms with van der Waals surface area (Å²) in [4.78, 5) is 1.32. The van der Waals surface area contributed by atoms with Crippen molar-refractivity contribution in [2.75, 3.05) is 26.2 Å². The zero-order valence-corrected chi connectivity index (χ0v) is 13.9. The summed E-state index contributed by atoms with van der Waals surface area (Å²) in [6.45, 7) is 2.75. The Kier molecular flexibility index (Phi) is 4.93. The van der Waals surface area contributed by atoms with E-state index in [0.29, 0.717) is 32.7 Å². The smallest absolute Gasteiger partial charge is 0.243 e. The van der Waals surface area contributed by atoms with Gasteiger partial charge in [0.2, 0.25) is 10.0 Å². The Morgan fingerprint density at radius 2 is 1.62 bits per heavy atom. The van der Waals surface area contributed by atoms with Crippen molar-refractivity contribution >= 4 is 10.0 Å². The Bertz CT molecular complexity index is 802. The Morgan fingerprint density at radius 1 is 0.958 bits per heavy atom. The lowest BCUT2D eigenvalue weighted by Gasteiger charge is -2.31. The fourth-order valence-corrected chi connectivity index (χ4v) is 4.35. The minimum Gasteiger partial charge on any atom is -0.329 e. The van der Waals surface area contributed by atoms with Gasteiger partial charge in [-0.3, -0.25) is 0 Å². The zero-order chi connectivity index (χ0) is 17.2. The molecule has 2 aromatic rings. The molecule has 0 spiro atoms. The molecular weight excluding hydrogens is 334 g/mol. The van der Waals surface area contributed by atoms with E-state index in [4.69, 9.17) is 0 Å². The largest absolute Gasteiger partial charge is 0.329 e. The minimum absolute atomic E-state index is 0.109. The first-order valence-corrected chi connectivity index (χ1v) is 9.23. The van der Waals surface area contributed by atoms with Crippen LogP contribution in [-0.4, -0.2) is 38.9 Å². The molecule has 1 aliphatic rings. The third-order valence-corrected chi connectivity index (χ3v) is 6.14. The number of sulfonamides is 1. The predicted molar refractivity (Wildman–Crippen MR) is 86.0 cm³/mol. The number of hydrogen-bond acceptors (Lipinski definition) is 2. The van der Waals surface area contributed by atoms with Gasteiger partial charge in [-0.1, -0.05) is 12.1 Å². The van der Waals surface area contributed by atoms with E-state index in [9.17, 15) is 17.2 Å². The third-order valence-electron chi connectivity index (χ3n) is 4.22. The normalized spacial score (nSPS) is 17.1. The van der Waals surface area contributed by atoms with Gasteiger partial charge in [0, 0.05) is 5.56 Å². The van der Waals surface area contributed by atoms with Crippen molar-refractivity contribution in [3.63, 3.8) is 0 Å². The lowest BCUT2D eigenvalue weighted by atomic mass is 10.2. The van der Waals surface area contributed by atoms with E-state index >= 15 is 0 Å². The summed E-state index contributed by atoms with van der Waals surface area (Å²) < 4.78 is 52.7. The molecule has 0 saturated carbocycles. The molecule has 0 unspecified atom stereocenters. The van der Waals surface area contributed by atoms with Crippen molar-refractivity contribution in [2.24, 2.45) is 0 Å². The molecule has 1 N–H and O–H groups in total. The van der Waals surface area contributed by atoms with Crippen LogP contribution in [0.4, 0.5) is 8.78 Å². The van der Waals surface area contributed by atoms with Gasteiger partial charge >= 0.3 is 0 Å². The summed E-state index contributed by atoms with van der Waals surface area (Å²) in [6, 6.07) is 11.3. The first-order chi connectivity index (χ1) is 11.4. The van der Waals surface area contributed by atoms with Gasteiger partial charge in [-0.15, -0.1) is 0 Å². The number of piperazine rings is 1. The molecule has 0 atom stereocenters. The maximum atomic E-state index is 13.2.